The quantitative estimate of drug-likeness (QED) is 0.643. The van der Waals surface area contributed by atoms with Crippen molar-refractivity contribution in [3.8, 4) is 16.3 Å². The van der Waals surface area contributed by atoms with E-state index in [2.05, 4.69) is 22.3 Å². The molecular weight excluding hydrogens is 406 g/mol. The molecule has 0 aliphatic carbocycles. The van der Waals surface area contributed by atoms with E-state index in [1.54, 1.807) is 6.20 Å². The molecule has 8 heteroatoms. The van der Waals surface area contributed by atoms with Crippen molar-refractivity contribution in [1.29, 1.82) is 0 Å². The first kappa shape index (κ1) is 21.5. The van der Waals surface area contributed by atoms with Gasteiger partial charge in [0.05, 0.1) is 11.9 Å². The standard InChI is InChI=1S/C21H25N5OS.ClH/c1-2-22-12-16-8-10-25(11-9-16)21(27)19-15-28-20(24-19)17-13-23-26(14-17)18-6-4-3-5-7-18;/h3-7,13-16,22H,2,8-12H2,1H3;1H. The van der Waals surface area contributed by atoms with E-state index < -0.39 is 0 Å². The lowest BCUT2D eigenvalue weighted by Crippen LogP contribution is -2.40. The van der Waals surface area contributed by atoms with Gasteiger partial charge in [-0.1, -0.05) is 25.1 Å². The average molecular weight is 432 g/mol. The van der Waals surface area contributed by atoms with Crippen LogP contribution in [0.4, 0.5) is 0 Å². The summed E-state index contributed by atoms with van der Waals surface area (Å²) >= 11 is 1.49. The van der Waals surface area contributed by atoms with Crippen molar-refractivity contribution >= 4 is 29.7 Å². The van der Waals surface area contributed by atoms with Gasteiger partial charge in [-0.15, -0.1) is 23.7 Å². The summed E-state index contributed by atoms with van der Waals surface area (Å²) in [6.07, 6.45) is 5.86. The fraction of sp³-hybridized carbons (Fsp3) is 0.381. The summed E-state index contributed by atoms with van der Waals surface area (Å²) in [5.74, 6) is 0.707. The molecule has 2 aromatic heterocycles. The van der Waals surface area contributed by atoms with E-state index in [-0.39, 0.29) is 18.3 Å². The number of thiazole rings is 1. The third-order valence-electron chi connectivity index (χ3n) is 5.16. The van der Waals surface area contributed by atoms with Crippen LogP contribution in [0, 0.1) is 5.92 Å². The summed E-state index contributed by atoms with van der Waals surface area (Å²) in [5.41, 5.74) is 2.47. The zero-order valence-electron chi connectivity index (χ0n) is 16.5. The number of likely N-dealkylation sites (tertiary alicyclic amines) is 1. The molecule has 154 valence electrons. The highest BCUT2D eigenvalue weighted by Crippen LogP contribution is 2.26. The summed E-state index contributed by atoms with van der Waals surface area (Å²) in [6, 6.07) is 9.97. The monoisotopic (exact) mass is 431 g/mol. The zero-order valence-corrected chi connectivity index (χ0v) is 18.1. The molecule has 1 aliphatic rings. The maximum Gasteiger partial charge on any atom is 0.273 e. The SMILES string of the molecule is CCNCC1CCN(C(=O)c2csc(-c3cnn(-c4ccccc4)c3)n2)CC1.Cl. The number of benzene rings is 1. The van der Waals surface area contributed by atoms with Gasteiger partial charge < -0.3 is 10.2 Å². The maximum absolute atomic E-state index is 12.8. The van der Waals surface area contributed by atoms with Crippen LogP contribution in [-0.2, 0) is 0 Å². The molecule has 1 saturated heterocycles. The van der Waals surface area contributed by atoms with Gasteiger partial charge >= 0.3 is 0 Å². The van der Waals surface area contributed by atoms with E-state index >= 15 is 0 Å². The third kappa shape index (κ3) is 5.04. The second-order valence-electron chi connectivity index (χ2n) is 7.09. The van der Waals surface area contributed by atoms with Crippen LogP contribution in [0.15, 0.2) is 48.1 Å². The van der Waals surface area contributed by atoms with Crippen LogP contribution in [0.25, 0.3) is 16.3 Å². The molecule has 0 radical (unpaired) electrons. The van der Waals surface area contributed by atoms with Gasteiger partial charge in [0.15, 0.2) is 0 Å². The minimum Gasteiger partial charge on any atom is -0.337 e. The molecule has 0 saturated carbocycles. The van der Waals surface area contributed by atoms with Crippen LogP contribution >= 0.6 is 23.7 Å². The van der Waals surface area contributed by atoms with E-state index in [0.29, 0.717) is 11.6 Å². The molecule has 1 aliphatic heterocycles. The summed E-state index contributed by atoms with van der Waals surface area (Å²) in [4.78, 5) is 19.4. The molecule has 0 atom stereocenters. The first-order valence-electron chi connectivity index (χ1n) is 9.80. The molecular formula is C21H26ClN5OS. The molecule has 29 heavy (non-hydrogen) atoms. The number of aromatic nitrogens is 3. The Morgan fingerprint density at radius 3 is 2.72 bits per heavy atom. The second-order valence-corrected chi connectivity index (χ2v) is 7.95. The Morgan fingerprint density at radius 1 is 1.24 bits per heavy atom. The third-order valence-corrected chi connectivity index (χ3v) is 6.05. The van der Waals surface area contributed by atoms with Crippen molar-refractivity contribution in [3.63, 3.8) is 0 Å². The molecule has 0 unspecified atom stereocenters. The molecule has 6 nitrogen and oxygen atoms in total. The molecule has 1 amide bonds. The van der Waals surface area contributed by atoms with Gasteiger partial charge in [-0.25, -0.2) is 9.67 Å². The summed E-state index contributed by atoms with van der Waals surface area (Å²) < 4.78 is 1.83. The molecule has 4 rings (SSSR count). The van der Waals surface area contributed by atoms with Gasteiger partial charge in [-0.2, -0.15) is 5.10 Å². The number of hydrogen-bond acceptors (Lipinski definition) is 5. The molecule has 0 bridgehead atoms. The van der Waals surface area contributed by atoms with Gasteiger partial charge in [0.25, 0.3) is 5.91 Å². The Bertz CT molecular complexity index is 918. The van der Waals surface area contributed by atoms with Crippen LogP contribution < -0.4 is 5.32 Å². The van der Waals surface area contributed by atoms with E-state index in [1.165, 1.54) is 11.3 Å². The van der Waals surface area contributed by atoms with Crippen molar-refractivity contribution in [3.05, 3.63) is 53.8 Å². The Morgan fingerprint density at radius 2 is 2.00 bits per heavy atom. The van der Waals surface area contributed by atoms with Crippen LogP contribution in [0.5, 0.6) is 0 Å². The lowest BCUT2D eigenvalue weighted by molar-refractivity contribution is 0.0685. The number of nitrogens with zero attached hydrogens (tertiary/aromatic N) is 4. The topological polar surface area (TPSA) is 63.1 Å². The number of amides is 1. The van der Waals surface area contributed by atoms with E-state index in [9.17, 15) is 4.79 Å². The number of hydrogen-bond donors (Lipinski definition) is 1. The Kier molecular flexibility index (Phi) is 7.41. The smallest absolute Gasteiger partial charge is 0.273 e. The minimum atomic E-state index is 0. The van der Waals surface area contributed by atoms with Crippen LogP contribution in [0.1, 0.15) is 30.3 Å². The van der Waals surface area contributed by atoms with Crippen molar-refractivity contribution in [1.82, 2.24) is 25.0 Å². The first-order chi connectivity index (χ1) is 13.7. The summed E-state index contributed by atoms with van der Waals surface area (Å²) in [7, 11) is 0. The predicted octanol–water partition coefficient (Wildman–Crippen LogP) is 3.88. The Hall–Kier alpha value is -2.22. The van der Waals surface area contributed by atoms with Crippen molar-refractivity contribution in [2.75, 3.05) is 26.2 Å². The Balaban J connectivity index is 0.00000240. The van der Waals surface area contributed by atoms with Crippen molar-refractivity contribution < 1.29 is 4.79 Å². The molecule has 3 heterocycles. The minimum absolute atomic E-state index is 0. The van der Waals surface area contributed by atoms with E-state index in [4.69, 9.17) is 0 Å². The molecule has 1 aromatic carbocycles. The van der Waals surface area contributed by atoms with Crippen molar-refractivity contribution in [2.45, 2.75) is 19.8 Å². The number of halogens is 1. The molecule has 0 spiro atoms. The largest absolute Gasteiger partial charge is 0.337 e. The lowest BCUT2D eigenvalue weighted by atomic mass is 9.96. The number of piperidine rings is 1. The number of para-hydroxylation sites is 1. The van der Waals surface area contributed by atoms with E-state index in [0.717, 1.165) is 55.3 Å². The van der Waals surface area contributed by atoms with Gasteiger partial charge in [-0.3, -0.25) is 4.79 Å². The predicted molar refractivity (Wildman–Crippen MR) is 119 cm³/mol. The van der Waals surface area contributed by atoms with Crippen molar-refractivity contribution in [2.24, 2.45) is 5.92 Å². The van der Waals surface area contributed by atoms with Crippen LogP contribution in [0.2, 0.25) is 0 Å². The normalized spacial score (nSPS) is 14.6. The highest BCUT2D eigenvalue weighted by Gasteiger charge is 2.25. The summed E-state index contributed by atoms with van der Waals surface area (Å²) in [5, 5.41) is 10.5. The van der Waals surface area contributed by atoms with Gasteiger partial charge in [-0.05, 0) is 44.0 Å². The molecule has 1 fully saturated rings. The fourth-order valence-electron chi connectivity index (χ4n) is 3.51. The zero-order chi connectivity index (χ0) is 19.3. The number of nitrogens with one attached hydrogen (secondary N) is 1. The highest BCUT2D eigenvalue weighted by molar-refractivity contribution is 7.13. The first-order valence-corrected chi connectivity index (χ1v) is 10.7. The second kappa shape index (κ2) is 10.0. The van der Waals surface area contributed by atoms with Gasteiger partial charge in [0.1, 0.15) is 10.7 Å². The number of rotatable bonds is 6. The van der Waals surface area contributed by atoms with Crippen LogP contribution in [0.3, 0.4) is 0 Å². The fourth-order valence-corrected chi connectivity index (χ4v) is 4.28. The molecule has 1 N–H and O–H groups in total. The Labute approximate surface area is 181 Å². The average Bonchev–Trinajstić information content (AvgIpc) is 3.42. The molecule has 3 aromatic rings. The maximum atomic E-state index is 12.8. The van der Waals surface area contributed by atoms with Gasteiger partial charge in [0, 0.05) is 30.2 Å². The number of carbonyl (C=O) groups is 1. The van der Waals surface area contributed by atoms with Crippen LogP contribution in [-0.4, -0.2) is 51.8 Å². The van der Waals surface area contributed by atoms with E-state index in [1.807, 2.05) is 51.5 Å². The van der Waals surface area contributed by atoms with Gasteiger partial charge in [0.2, 0.25) is 0 Å². The highest BCUT2D eigenvalue weighted by atomic mass is 35.5. The number of carbonyl (C=O) groups excluding carboxylic acids is 1. The summed E-state index contributed by atoms with van der Waals surface area (Å²) in [6.45, 7) is 5.80. The lowest BCUT2D eigenvalue weighted by Gasteiger charge is -2.31.